The highest BCUT2D eigenvalue weighted by atomic mass is 16.1. The SMILES string of the molecule is CC.CC(C)(C)c1ccc(NC(=O)c2ccc(C#N)cc2)cc1. The Morgan fingerprint density at radius 2 is 1.48 bits per heavy atom. The highest BCUT2D eigenvalue weighted by Crippen LogP contribution is 2.23. The minimum atomic E-state index is -0.178. The van der Waals surface area contributed by atoms with Gasteiger partial charge in [-0.2, -0.15) is 5.26 Å². The maximum atomic E-state index is 12.1. The van der Waals surface area contributed by atoms with E-state index in [1.165, 1.54) is 5.56 Å². The van der Waals surface area contributed by atoms with Gasteiger partial charge in [0.1, 0.15) is 0 Å². The molecule has 0 aromatic heterocycles. The molecule has 0 aliphatic heterocycles. The van der Waals surface area contributed by atoms with Crippen molar-refractivity contribution in [2.45, 2.75) is 40.0 Å². The number of benzene rings is 2. The Bertz CT molecular complexity index is 672. The second-order valence-electron chi connectivity index (χ2n) is 5.97. The Morgan fingerprint density at radius 1 is 0.957 bits per heavy atom. The monoisotopic (exact) mass is 308 g/mol. The van der Waals surface area contributed by atoms with E-state index in [0.717, 1.165) is 5.69 Å². The quantitative estimate of drug-likeness (QED) is 0.835. The molecule has 2 aromatic carbocycles. The Kier molecular flexibility index (Phi) is 6.53. The molecule has 0 fully saturated rings. The van der Waals surface area contributed by atoms with Crippen molar-refractivity contribution in [3.8, 4) is 6.07 Å². The molecule has 2 aromatic rings. The first-order valence-electron chi connectivity index (χ1n) is 7.82. The second kappa shape index (κ2) is 8.14. The normalized spacial score (nSPS) is 10.1. The summed E-state index contributed by atoms with van der Waals surface area (Å²) in [7, 11) is 0. The maximum absolute atomic E-state index is 12.1. The van der Waals surface area contributed by atoms with Crippen LogP contribution in [-0.4, -0.2) is 5.91 Å². The number of amides is 1. The predicted molar refractivity (Wildman–Crippen MR) is 95.6 cm³/mol. The van der Waals surface area contributed by atoms with Crippen LogP contribution in [0.15, 0.2) is 48.5 Å². The first-order chi connectivity index (χ1) is 10.9. The third-order valence-electron chi connectivity index (χ3n) is 3.28. The van der Waals surface area contributed by atoms with Gasteiger partial charge in [0.2, 0.25) is 0 Å². The number of nitriles is 1. The Labute approximate surface area is 139 Å². The summed E-state index contributed by atoms with van der Waals surface area (Å²) >= 11 is 0. The maximum Gasteiger partial charge on any atom is 0.255 e. The fourth-order valence-corrected chi connectivity index (χ4v) is 1.95. The molecule has 0 saturated carbocycles. The highest BCUT2D eigenvalue weighted by Gasteiger charge is 2.13. The summed E-state index contributed by atoms with van der Waals surface area (Å²) < 4.78 is 0. The third-order valence-corrected chi connectivity index (χ3v) is 3.28. The average Bonchev–Trinajstić information content (AvgIpc) is 2.56. The van der Waals surface area contributed by atoms with E-state index in [-0.39, 0.29) is 11.3 Å². The minimum Gasteiger partial charge on any atom is -0.322 e. The number of rotatable bonds is 2. The summed E-state index contributed by atoms with van der Waals surface area (Å²) in [6, 6.07) is 16.5. The number of carbonyl (C=O) groups is 1. The molecule has 1 N–H and O–H groups in total. The number of carbonyl (C=O) groups excluding carboxylic acids is 1. The van der Waals surface area contributed by atoms with Crippen molar-refractivity contribution in [2.75, 3.05) is 5.32 Å². The van der Waals surface area contributed by atoms with Gasteiger partial charge in [0.25, 0.3) is 5.91 Å². The molecule has 3 nitrogen and oxygen atoms in total. The van der Waals surface area contributed by atoms with E-state index in [4.69, 9.17) is 5.26 Å². The topological polar surface area (TPSA) is 52.9 Å². The third kappa shape index (κ3) is 5.27. The van der Waals surface area contributed by atoms with Crippen LogP contribution in [0.3, 0.4) is 0 Å². The molecule has 120 valence electrons. The number of nitrogens with one attached hydrogen (secondary N) is 1. The van der Waals surface area contributed by atoms with Crippen molar-refractivity contribution in [1.82, 2.24) is 0 Å². The lowest BCUT2D eigenvalue weighted by molar-refractivity contribution is 0.102. The van der Waals surface area contributed by atoms with Crippen LogP contribution in [0.25, 0.3) is 0 Å². The lowest BCUT2D eigenvalue weighted by Crippen LogP contribution is -2.13. The standard InChI is InChI=1S/C18H18N2O.C2H6/c1-18(2,3)15-8-10-16(11-9-15)20-17(21)14-6-4-13(12-19)5-7-14;1-2/h4-11H,1-3H3,(H,20,21);1-2H3. The Morgan fingerprint density at radius 3 is 1.91 bits per heavy atom. The molecule has 0 aliphatic carbocycles. The average molecular weight is 308 g/mol. The van der Waals surface area contributed by atoms with Crippen molar-refractivity contribution in [3.05, 3.63) is 65.2 Å². The zero-order chi connectivity index (χ0) is 17.5. The summed E-state index contributed by atoms with van der Waals surface area (Å²) in [4.78, 5) is 12.1. The molecule has 0 atom stereocenters. The van der Waals surface area contributed by atoms with E-state index >= 15 is 0 Å². The van der Waals surface area contributed by atoms with Gasteiger partial charge in [-0.15, -0.1) is 0 Å². The number of anilines is 1. The van der Waals surface area contributed by atoms with Crippen molar-refractivity contribution >= 4 is 11.6 Å². The molecule has 0 bridgehead atoms. The van der Waals surface area contributed by atoms with Gasteiger partial charge >= 0.3 is 0 Å². The zero-order valence-electron chi connectivity index (χ0n) is 14.5. The van der Waals surface area contributed by atoms with E-state index in [9.17, 15) is 4.79 Å². The summed E-state index contributed by atoms with van der Waals surface area (Å²) in [5, 5.41) is 11.6. The molecule has 0 aliphatic rings. The van der Waals surface area contributed by atoms with E-state index in [0.29, 0.717) is 11.1 Å². The minimum absolute atomic E-state index is 0.0929. The predicted octanol–water partition coefficient (Wildman–Crippen LogP) is 5.13. The molecular formula is C20H24N2O. The van der Waals surface area contributed by atoms with Crippen molar-refractivity contribution in [2.24, 2.45) is 0 Å². The fraction of sp³-hybridized carbons (Fsp3) is 0.300. The van der Waals surface area contributed by atoms with Crippen molar-refractivity contribution < 1.29 is 4.79 Å². The molecule has 3 heteroatoms. The van der Waals surface area contributed by atoms with Crippen LogP contribution in [0, 0.1) is 11.3 Å². The summed E-state index contributed by atoms with van der Waals surface area (Å²) in [5.74, 6) is -0.178. The molecule has 23 heavy (non-hydrogen) atoms. The molecule has 2 rings (SSSR count). The van der Waals surface area contributed by atoms with E-state index < -0.39 is 0 Å². The van der Waals surface area contributed by atoms with Crippen molar-refractivity contribution in [3.63, 3.8) is 0 Å². The number of hydrogen-bond acceptors (Lipinski definition) is 2. The van der Waals surface area contributed by atoms with Gasteiger partial charge < -0.3 is 5.32 Å². The van der Waals surface area contributed by atoms with Gasteiger partial charge in [-0.05, 0) is 47.4 Å². The first kappa shape index (κ1) is 18.4. The van der Waals surface area contributed by atoms with Gasteiger partial charge in [0, 0.05) is 11.3 Å². The van der Waals surface area contributed by atoms with Gasteiger partial charge in [-0.1, -0.05) is 46.8 Å². The van der Waals surface area contributed by atoms with Gasteiger partial charge in [-0.25, -0.2) is 0 Å². The second-order valence-corrected chi connectivity index (χ2v) is 5.97. The summed E-state index contributed by atoms with van der Waals surface area (Å²) in [6.07, 6.45) is 0. The largest absolute Gasteiger partial charge is 0.322 e. The lowest BCUT2D eigenvalue weighted by Gasteiger charge is -2.19. The smallest absolute Gasteiger partial charge is 0.255 e. The zero-order valence-corrected chi connectivity index (χ0v) is 14.5. The van der Waals surface area contributed by atoms with E-state index in [1.807, 2.05) is 44.2 Å². The van der Waals surface area contributed by atoms with Crippen LogP contribution < -0.4 is 5.32 Å². The molecule has 1 amide bonds. The molecule has 0 unspecified atom stereocenters. The van der Waals surface area contributed by atoms with Gasteiger partial charge in [0.15, 0.2) is 0 Å². The van der Waals surface area contributed by atoms with Crippen LogP contribution in [0.1, 0.15) is 56.1 Å². The Balaban J connectivity index is 0.00000127. The van der Waals surface area contributed by atoms with Gasteiger partial charge in [-0.3, -0.25) is 4.79 Å². The number of hydrogen-bond donors (Lipinski definition) is 1. The van der Waals surface area contributed by atoms with Crippen LogP contribution in [0.4, 0.5) is 5.69 Å². The van der Waals surface area contributed by atoms with Crippen molar-refractivity contribution in [1.29, 1.82) is 5.26 Å². The molecule has 0 saturated heterocycles. The van der Waals surface area contributed by atoms with Crippen LogP contribution in [0.2, 0.25) is 0 Å². The first-order valence-corrected chi connectivity index (χ1v) is 7.82. The summed E-state index contributed by atoms with van der Waals surface area (Å²) in [6.45, 7) is 10.5. The number of nitrogens with zero attached hydrogens (tertiary/aromatic N) is 1. The van der Waals surface area contributed by atoms with Crippen LogP contribution in [0.5, 0.6) is 0 Å². The summed E-state index contributed by atoms with van der Waals surface area (Å²) in [5.41, 5.74) is 3.15. The van der Waals surface area contributed by atoms with Crippen LogP contribution in [-0.2, 0) is 5.41 Å². The highest BCUT2D eigenvalue weighted by molar-refractivity contribution is 6.04. The molecular weight excluding hydrogens is 284 g/mol. The van der Waals surface area contributed by atoms with Crippen LogP contribution >= 0.6 is 0 Å². The van der Waals surface area contributed by atoms with Gasteiger partial charge in [0.05, 0.1) is 11.6 Å². The molecule has 0 spiro atoms. The lowest BCUT2D eigenvalue weighted by atomic mass is 9.87. The van der Waals surface area contributed by atoms with E-state index in [1.54, 1.807) is 24.3 Å². The molecule has 0 radical (unpaired) electrons. The molecule has 0 heterocycles. The Hall–Kier alpha value is -2.60. The van der Waals surface area contributed by atoms with E-state index in [2.05, 4.69) is 26.1 Å². The fourth-order valence-electron chi connectivity index (χ4n) is 1.95.